The summed E-state index contributed by atoms with van der Waals surface area (Å²) in [6, 6.07) is 12.7. The monoisotopic (exact) mass is 332 g/mol. The van der Waals surface area contributed by atoms with Crippen LogP contribution in [0.2, 0.25) is 0 Å². The Morgan fingerprint density at radius 1 is 1.13 bits per heavy atom. The van der Waals surface area contributed by atoms with E-state index in [4.69, 9.17) is 0 Å². The van der Waals surface area contributed by atoms with Gasteiger partial charge in [0.2, 0.25) is 0 Å². The van der Waals surface area contributed by atoms with Crippen molar-refractivity contribution in [1.82, 2.24) is 10.3 Å². The first-order chi connectivity index (χ1) is 10.9. The average Bonchev–Trinajstić information content (AvgIpc) is 2.53. The molecule has 0 spiro atoms. The lowest BCUT2D eigenvalue weighted by Crippen LogP contribution is -2.35. The van der Waals surface area contributed by atoms with Gasteiger partial charge in [-0.2, -0.15) is 0 Å². The van der Waals surface area contributed by atoms with Crippen LogP contribution in [0.15, 0.2) is 71.8 Å². The molecule has 2 aromatic rings. The van der Waals surface area contributed by atoms with Gasteiger partial charge in [0, 0.05) is 11.3 Å². The number of aryl methyl sites for hydroxylation is 1. The predicted octanol–water partition coefficient (Wildman–Crippen LogP) is 3.14. The van der Waals surface area contributed by atoms with Gasteiger partial charge in [-0.3, -0.25) is 0 Å². The van der Waals surface area contributed by atoms with E-state index in [1.165, 1.54) is 30.4 Å². The molecule has 4 nitrogen and oxygen atoms in total. The van der Waals surface area contributed by atoms with Gasteiger partial charge in [-0.1, -0.05) is 42.5 Å². The lowest BCUT2D eigenvalue weighted by atomic mass is 10.2. The molecule has 0 aliphatic rings. The van der Waals surface area contributed by atoms with Gasteiger partial charge in [0.05, 0.1) is 4.90 Å². The maximum absolute atomic E-state index is 13.5. The molecule has 23 heavy (non-hydrogen) atoms. The summed E-state index contributed by atoms with van der Waals surface area (Å²) in [5.41, 5.74) is 4.12. The summed E-state index contributed by atoms with van der Waals surface area (Å²) in [4.78, 5) is 2.36. The van der Waals surface area contributed by atoms with Gasteiger partial charge < -0.3 is 5.43 Å². The van der Waals surface area contributed by atoms with E-state index in [0.717, 1.165) is 5.56 Å². The Balaban J connectivity index is 1.99. The van der Waals surface area contributed by atoms with Crippen LogP contribution in [0.5, 0.6) is 0 Å². The molecule has 0 bridgehead atoms. The first kappa shape index (κ1) is 16.9. The Morgan fingerprint density at radius 3 is 2.43 bits per heavy atom. The zero-order valence-corrected chi connectivity index (χ0v) is 13.4. The molecule has 6 heteroatoms. The van der Waals surface area contributed by atoms with E-state index in [-0.39, 0.29) is 16.4 Å². The Morgan fingerprint density at radius 2 is 1.78 bits per heavy atom. The molecule has 0 aliphatic carbocycles. The number of hydrazine groups is 1. The number of nitrogens with one attached hydrogen (secondary N) is 2. The molecular formula is C17H17FN2O2S. The topological polar surface area (TPSA) is 58.2 Å². The molecule has 0 atom stereocenters. The molecule has 0 heterocycles. The average molecular weight is 332 g/mol. The van der Waals surface area contributed by atoms with Crippen LogP contribution >= 0.6 is 0 Å². The van der Waals surface area contributed by atoms with Crippen molar-refractivity contribution in [3.8, 4) is 0 Å². The first-order valence-electron chi connectivity index (χ1n) is 6.84. The fourth-order valence-corrected chi connectivity index (χ4v) is 2.63. The highest BCUT2D eigenvalue weighted by atomic mass is 32.2. The number of halogens is 1. The van der Waals surface area contributed by atoms with E-state index < -0.39 is 10.0 Å². The smallest absolute Gasteiger partial charge is 0.257 e. The number of hydrogen-bond acceptors (Lipinski definition) is 3. The number of allylic oxidation sites excluding steroid dienone is 1. The lowest BCUT2D eigenvalue weighted by molar-refractivity contribution is 0.572. The van der Waals surface area contributed by atoms with Crippen molar-refractivity contribution in [2.75, 3.05) is 0 Å². The predicted molar refractivity (Wildman–Crippen MR) is 89.2 cm³/mol. The van der Waals surface area contributed by atoms with Gasteiger partial charge in [0.1, 0.15) is 5.82 Å². The van der Waals surface area contributed by atoms with Gasteiger partial charge in [-0.15, -0.1) is 4.83 Å². The van der Waals surface area contributed by atoms with Gasteiger partial charge >= 0.3 is 0 Å². The standard InChI is InChI=1S/C17H17FN2O2S/c1-13-7-11-16(12-8-13)23(21,22)20-19-14(2)9-10-15-5-3-4-6-17(15)18/h3-12,19-20H,2H2,1H3. The zero-order chi connectivity index (χ0) is 16.9. The van der Waals surface area contributed by atoms with Crippen molar-refractivity contribution in [2.24, 2.45) is 0 Å². The van der Waals surface area contributed by atoms with Crippen LogP contribution in [0.1, 0.15) is 11.1 Å². The van der Waals surface area contributed by atoms with Crippen molar-refractivity contribution in [3.05, 3.63) is 83.8 Å². The quantitative estimate of drug-likeness (QED) is 0.631. The van der Waals surface area contributed by atoms with Crippen LogP contribution in [0.25, 0.3) is 6.08 Å². The molecule has 0 aromatic heterocycles. The highest BCUT2D eigenvalue weighted by Crippen LogP contribution is 2.10. The van der Waals surface area contributed by atoms with E-state index in [0.29, 0.717) is 5.56 Å². The normalized spacial score (nSPS) is 11.6. The third-order valence-electron chi connectivity index (χ3n) is 3.05. The molecule has 0 saturated heterocycles. The van der Waals surface area contributed by atoms with Crippen molar-refractivity contribution in [1.29, 1.82) is 0 Å². The molecule has 2 aromatic carbocycles. The molecule has 0 radical (unpaired) electrons. The number of sulfonamides is 1. The Hall–Kier alpha value is -2.44. The minimum Gasteiger partial charge on any atom is -0.308 e. The van der Waals surface area contributed by atoms with Gasteiger partial charge in [0.15, 0.2) is 0 Å². The number of hydrogen-bond donors (Lipinski definition) is 2. The van der Waals surface area contributed by atoms with Crippen molar-refractivity contribution >= 4 is 16.1 Å². The molecule has 2 N–H and O–H groups in total. The maximum Gasteiger partial charge on any atom is 0.257 e. The SMILES string of the molecule is C=C(C=Cc1ccccc1F)NNS(=O)(=O)c1ccc(C)cc1. The van der Waals surface area contributed by atoms with Crippen molar-refractivity contribution in [3.63, 3.8) is 0 Å². The largest absolute Gasteiger partial charge is 0.308 e. The Bertz CT molecular complexity index is 828. The zero-order valence-electron chi connectivity index (χ0n) is 12.6. The number of benzene rings is 2. The minimum atomic E-state index is -3.69. The van der Waals surface area contributed by atoms with Gasteiger partial charge in [-0.05, 0) is 37.3 Å². The molecule has 0 amide bonds. The van der Waals surface area contributed by atoms with Crippen LogP contribution in [-0.4, -0.2) is 8.42 Å². The first-order valence-corrected chi connectivity index (χ1v) is 8.33. The second-order valence-corrected chi connectivity index (χ2v) is 6.61. The summed E-state index contributed by atoms with van der Waals surface area (Å²) in [5, 5.41) is 0. The van der Waals surface area contributed by atoms with E-state index in [1.54, 1.807) is 30.3 Å². The molecular weight excluding hydrogens is 315 g/mol. The summed E-state index contributed by atoms with van der Waals surface area (Å²) in [5.74, 6) is -0.364. The molecule has 0 aliphatic heterocycles. The highest BCUT2D eigenvalue weighted by Gasteiger charge is 2.12. The van der Waals surface area contributed by atoms with Gasteiger partial charge in [0.25, 0.3) is 10.0 Å². The summed E-state index contributed by atoms with van der Waals surface area (Å²) in [7, 11) is -3.69. The molecule has 0 saturated carbocycles. The van der Waals surface area contributed by atoms with Crippen LogP contribution in [0.4, 0.5) is 4.39 Å². The van der Waals surface area contributed by atoms with Crippen LogP contribution < -0.4 is 10.3 Å². The van der Waals surface area contributed by atoms with Crippen LogP contribution in [0, 0.1) is 12.7 Å². The van der Waals surface area contributed by atoms with E-state index in [2.05, 4.69) is 16.8 Å². The fourth-order valence-electron chi connectivity index (χ4n) is 1.75. The van der Waals surface area contributed by atoms with Crippen LogP contribution in [-0.2, 0) is 10.0 Å². The van der Waals surface area contributed by atoms with Crippen LogP contribution in [0.3, 0.4) is 0 Å². The highest BCUT2D eigenvalue weighted by molar-refractivity contribution is 7.89. The van der Waals surface area contributed by atoms with E-state index in [1.807, 2.05) is 6.92 Å². The minimum absolute atomic E-state index is 0.140. The number of rotatable bonds is 6. The summed E-state index contributed by atoms with van der Waals surface area (Å²) >= 11 is 0. The second kappa shape index (κ2) is 7.21. The molecule has 120 valence electrons. The summed E-state index contributed by atoms with van der Waals surface area (Å²) in [6.07, 6.45) is 2.99. The summed E-state index contributed by atoms with van der Waals surface area (Å²) < 4.78 is 37.6. The van der Waals surface area contributed by atoms with E-state index in [9.17, 15) is 12.8 Å². The second-order valence-electron chi connectivity index (χ2n) is 4.92. The third-order valence-corrected chi connectivity index (χ3v) is 4.31. The Labute approximate surface area is 135 Å². The van der Waals surface area contributed by atoms with Crippen molar-refractivity contribution in [2.45, 2.75) is 11.8 Å². The van der Waals surface area contributed by atoms with E-state index >= 15 is 0 Å². The maximum atomic E-state index is 13.5. The molecule has 2 rings (SSSR count). The fraction of sp³-hybridized carbons (Fsp3) is 0.0588. The molecule has 0 fully saturated rings. The molecule has 0 unspecified atom stereocenters. The lowest BCUT2D eigenvalue weighted by Gasteiger charge is -2.09. The summed E-state index contributed by atoms with van der Waals surface area (Å²) in [6.45, 7) is 5.54. The Kier molecular flexibility index (Phi) is 5.31. The van der Waals surface area contributed by atoms with Crippen molar-refractivity contribution < 1.29 is 12.8 Å². The third kappa shape index (κ3) is 4.77. The van der Waals surface area contributed by atoms with Gasteiger partial charge in [-0.25, -0.2) is 12.8 Å².